The molecule has 5 heteroatoms. The predicted octanol–water partition coefficient (Wildman–Crippen LogP) is 3.06. The molecule has 0 spiro atoms. The van der Waals surface area contributed by atoms with Crippen LogP contribution in [-0.2, 0) is 6.54 Å². The van der Waals surface area contributed by atoms with Gasteiger partial charge >= 0.3 is 0 Å². The average molecular weight is 309 g/mol. The van der Waals surface area contributed by atoms with Gasteiger partial charge in [-0.3, -0.25) is 15.0 Å². The number of rotatable bonds is 5. The lowest BCUT2D eigenvalue weighted by Crippen LogP contribution is -2.36. The second kappa shape index (κ2) is 6.87. The molecule has 1 N–H and O–H groups in total. The quantitative estimate of drug-likeness (QED) is 0.864. The second-order valence-corrected chi connectivity index (χ2v) is 6.16. The highest BCUT2D eigenvalue weighted by molar-refractivity contribution is 6.06. The molecule has 1 aliphatic rings. The van der Waals surface area contributed by atoms with E-state index in [1.165, 1.54) is 30.6 Å². The summed E-state index contributed by atoms with van der Waals surface area (Å²) in [6.07, 6.45) is 3.32. The lowest BCUT2D eigenvalue weighted by molar-refractivity contribution is 0.172. The predicted molar refractivity (Wildman–Crippen MR) is 93.6 cm³/mol. The van der Waals surface area contributed by atoms with Crippen molar-refractivity contribution in [2.24, 2.45) is 4.99 Å². The molecule has 1 aromatic carbocycles. The van der Waals surface area contributed by atoms with Crippen LogP contribution in [0.3, 0.4) is 0 Å². The molecule has 2 aromatic rings. The molecule has 0 aliphatic carbocycles. The Hall–Kier alpha value is -2.27. The number of nitrogens with zero attached hydrogens (tertiary/aromatic N) is 4. The highest BCUT2D eigenvalue weighted by Gasteiger charge is 2.14. The molecule has 2 heterocycles. The summed E-state index contributed by atoms with van der Waals surface area (Å²) in [5, 5.41) is 7.30. The van der Waals surface area contributed by atoms with Crippen molar-refractivity contribution >= 4 is 5.71 Å². The third-order valence-corrected chi connectivity index (χ3v) is 3.96. The number of likely N-dealkylation sites (tertiary alicyclic amines) is 1. The van der Waals surface area contributed by atoms with Crippen molar-refractivity contribution in [2.75, 3.05) is 20.1 Å². The van der Waals surface area contributed by atoms with Gasteiger partial charge in [0.2, 0.25) is 0 Å². The molecule has 0 bridgehead atoms. The maximum absolute atomic E-state index is 4.57. The van der Waals surface area contributed by atoms with E-state index in [0.717, 1.165) is 17.8 Å². The molecule has 0 amide bonds. The molecule has 1 aliphatic heterocycles. The van der Waals surface area contributed by atoms with Crippen molar-refractivity contribution in [2.45, 2.75) is 26.8 Å². The molecule has 1 aromatic heterocycles. The smallest absolute Gasteiger partial charge is 0.181 e. The Morgan fingerprint density at radius 2 is 2.00 bits per heavy atom. The zero-order chi connectivity index (χ0) is 16.2. The number of hydrogen-bond donors (Lipinski definition) is 1. The summed E-state index contributed by atoms with van der Waals surface area (Å²) in [4.78, 5) is 11.3. The monoisotopic (exact) mass is 309 g/mol. The molecular weight excluding hydrogens is 286 g/mol. The topological polar surface area (TPSA) is 57.2 Å². The molecule has 120 valence electrons. The van der Waals surface area contributed by atoms with Crippen LogP contribution in [0.4, 0.5) is 0 Å². The summed E-state index contributed by atoms with van der Waals surface area (Å²) in [5.41, 5.74) is 4.36. The molecule has 1 fully saturated rings. The van der Waals surface area contributed by atoms with Crippen LogP contribution in [0, 0.1) is 0 Å². The fourth-order valence-electron chi connectivity index (χ4n) is 2.57. The van der Waals surface area contributed by atoms with Gasteiger partial charge in [0.1, 0.15) is 5.71 Å². The van der Waals surface area contributed by atoms with Gasteiger partial charge in [-0.2, -0.15) is 5.10 Å². The zero-order valence-electron chi connectivity index (χ0n) is 14.0. The maximum Gasteiger partial charge on any atom is 0.181 e. The number of nitrogens with one attached hydrogen (secondary N) is 1. The van der Waals surface area contributed by atoms with Crippen LogP contribution in [0.2, 0.25) is 0 Å². The lowest BCUT2D eigenvalue weighted by Gasteiger charge is -2.30. The third kappa shape index (κ3) is 3.74. The van der Waals surface area contributed by atoms with Gasteiger partial charge in [0.15, 0.2) is 11.6 Å². The Bertz CT molecular complexity index is 716. The summed E-state index contributed by atoms with van der Waals surface area (Å²) in [7, 11) is 1.77. The SMILES string of the molecule is CN=C(C=C(C)C)c1nc(-c2ccc(CN3CCC3)cc2)n[nH]1. The lowest BCUT2D eigenvalue weighted by atomic mass is 10.1. The minimum absolute atomic E-state index is 0.702. The minimum Gasteiger partial charge on any atom is -0.299 e. The first-order valence-electron chi connectivity index (χ1n) is 8.02. The average Bonchev–Trinajstić information content (AvgIpc) is 2.98. The summed E-state index contributed by atoms with van der Waals surface area (Å²) < 4.78 is 0. The molecule has 0 unspecified atom stereocenters. The van der Waals surface area contributed by atoms with Crippen LogP contribution in [0.5, 0.6) is 0 Å². The van der Waals surface area contributed by atoms with Crippen LogP contribution in [-0.4, -0.2) is 45.9 Å². The molecule has 3 rings (SSSR count). The number of allylic oxidation sites excluding steroid dienone is 2. The van der Waals surface area contributed by atoms with E-state index in [4.69, 9.17) is 0 Å². The van der Waals surface area contributed by atoms with Gasteiger partial charge in [-0.25, -0.2) is 4.98 Å². The van der Waals surface area contributed by atoms with Gasteiger partial charge in [-0.1, -0.05) is 29.8 Å². The van der Waals surface area contributed by atoms with Crippen molar-refractivity contribution in [1.82, 2.24) is 20.1 Å². The molecule has 0 radical (unpaired) electrons. The van der Waals surface area contributed by atoms with E-state index < -0.39 is 0 Å². The van der Waals surface area contributed by atoms with Crippen LogP contribution in [0.1, 0.15) is 31.7 Å². The van der Waals surface area contributed by atoms with E-state index in [1.54, 1.807) is 7.05 Å². The van der Waals surface area contributed by atoms with E-state index in [1.807, 2.05) is 19.9 Å². The van der Waals surface area contributed by atoms with Crippen molar-refractivity contribution < 1.29 is 0 Å². The maximum atomic E-state index is 4.57. The second-order valence-electron chi connectivity index (χ2n) is 6.16. The Morgan fingerprint density at radius 1 is 1.26 bits per heavy atom. The van der Waals surface area contributed by atoms with Gasteiger partial charge in [-0.05, 0) is 45.0 Å². The Labute approximate surface area is 137 Å². The van der Waals surface area contributed by atoms with Crippen LogP contribution < -0.4 is 0 Å². The molecule has 0 atom stereocenters. The highest BCUT2D eigenvalue weighted by atomic mass is 15.2. The number of hydrogen-bond acceptors (Lipinski definition) is 4. The van der Waals surface area contributed by atoms with Crippen molar-refractivity contribution in [3.63, 3.8) is 0 Å². The Morgan fingerprint density at radius 3 is 2.57 bits per heavy atom. The molecule has 0 saturated carbocycles. The minimum atomic E-state index is 0.702. The van der Waals surface area contributed by atoms with Gasteiger partial charge in [0, 0.05) is 19.2 Å². The third-order valence-electron chi connectivity index (χ3n) is 3.96. The van der Waals surface area contributed by atoms with E-state index in [-0.39, 0.29) is 0 Å². The zero-order valence-corrected chi connectivity index (χ0v) is 14.0. The summed E-state index contributed by atoms with van der Waals surface area (Å²) in [6.45, 7) is 7.55. The van der Waals surface area contributed by atoms with Crippen LogP contribution >= 0.6 is 0 Å². The van der Waals surface area contributed by atoms with Gasteiger partial charge < -0.3 is 0 Å². The number of benzene rings is 1. The number of aromatic nitrogens is 3. The van der Waals surface area contributed by atoms with Gasteiger partial charge in [0.05, 0.1) is 0 Å². The van der Waals surface area contributed by atoms with E-state index in [0.29, 0.717) is 11.6 Å². The largest absolute Gasteiger partial charge is 0.299 e. The first kappa shape index (κ1) is 15.6. The van der Waals surface area contributed by atoms with Crippen molar-refractivity contribution in [1.29, 1.82) is 0 Å². The summed E-state index contributed by atoms with van der Waals surface area (Å²) >= 11 is 0. The first-order valence-corrected chi connectivity index (χ1v) is 8.02. The summed E-state index contributed by atoms with van der Waals surface area (Å²) in [5.74, 6) is 1.41. The van der Waals surface area contributed by atoms with Crippen LogP contribution in [0.25, 0.3) is 11.4 Å². The number of H-pyrrole nitrogens is 1. The molecule has 5 nitrogen and oxygen atoms in total. The number of aliphatic imine (C=N–C) groups is 1. The molecule has 1 saturated heterocycles. The fourth-order valence-corrected chi connectivity index (χ4v) is 2.57. The Kier molecular flexibility index (Phi) is 4.67. The fraction of sp³-hybridized carbons (Fsp3) is 0.389. The van der Waals surface area contributed by atoms with Gasteiger partial charge in [-0.15, -0.1) is 0 Å². The van der Waals surface area contributed by atoms with E-state index >= 15 is 0 Å². The van der Waals surface area contributed by atoms with Gasteiger partial charge in [0.25, 0.3) is 0 Å². The van der Waals surface area contributed by atoms with E-state index in [2.05, 4.69) is 49.3 Å². The Balaban J connectivity index is 1.75. The van der Waals surface area contributed by atoms with Crippen molar-refractivity contribution in [3.8, 4) is 11.4 Å². The molecular formula is C18H23N5. The normalized spacial score (nSPS) is 15.3. The number of aromatic amines is 1. The standard InChI is InChI=1S/C18H23N5/c1-13(2)11-16(19-3)18-20-17(21-22-18)15-7-5-14(6-8-15)12-23-9-4-10-23/h5-8,11H,4,9-10,12H2,1-3H3,(H,20,21,22). The first-order chi connectivity index (χ1) is 11.2. The highest BCUT2D eigenvalue weighted by Crippen LogP contribution is 2.18. The molecule has 23 heavy (non-hydrogen) atoms. The van der Waals surface area contributed by atoms with Crippen LogP contribution in [0.15, 0.2) is 40.9 Å². The van der Waals surface area contributed by atoms with Crippen molar-refractivity contribution in [3.05, 3.63) is 47.3 Å². The summed E-state index contributed by atoms with van der Waals surface area (Å²) in [6, 6.07) is 8.50. The van der Waals surface area contributed by atoms with E-state index in [9.17, 15) is 0 Å².